The van der Waals surface area contributed by atoms with Crippen LogP contribution in [0.3, 0.4) is 0 Å². The largest absolute Gasteiger partial charge is 0.349 e. The molecule has 1 aliphatic rings. The van der Waals surface area contributed by atoms with Gasteiger partial charge in [-0.1, -0.05) is 0 Å². The van der Waals surface area contributed by atoms with Gasteiger partial charge in [-0.2, -0.15) is 0 Å². The van der Waals surface area contributed by atoms with Crippen molar-refractivity contribution in [2.24, 2.45) is 0 Å². The van der Waals surface area contributed by atoms with Crippen LogP contribution in [0.5, 0.6) is 0 Å². The molecule has 0 saturated carbocycles. The third-order valence-corrected chi connectivity index (χ3v) is 5.41. The highest BCUT2D eigenvalue weighted by Crippen LogP contribution is 2.24. The first kappa shape index (κ1) is 16.7. The molecule has 1 fully saturated rings. The van der Waals surface area contributed by atoms with Crippen LogP contribution >= 0.6 is 11.3 Å². The molecule has 0 bridgehead atoms. The van der Waals surface area contributed by atoms with Gasteiger partial charge < -0.3 is 4.90 Å². The fourth-order valence-electron chi connectivity index (χ4n) is 2.61. The summed E-state index contributed by atoms with van der Waals surface area (Å²) in [4.78, 5) is 10.2. The summed E-state index contributed by atoms with van der Waals surface area (Å²) in [6.45, 7) is 8.73. The molecular weight excluding hydrogens is 308 g/mol. The van der Waals surface area contributed by atoms with E-state index in [1.165, 1.54) is 11.1 Å². The maximum absolute atomic E-state index is 11.3. The minimum atomic E-state index is -3.11. The molecule has 8 heteroatoms. The summed E-state index contributed by atoms with van der Waals surface area (Å²) in [5.74, 6) is 0. The highest BCUT2D eigenvalue weighted by Gasteiger charge is 2.25. The third kappa shape index (κ3) is 4.91. The molecule has 21 heavy (non-hydrogen) atoms. The van der Waals surface area contributed by atoms with Gasteiger partial charge >= 0.3 is 0 Å². The number of sulfonamides is 1. The fraction of sp³-hybridized carbons (Fsp3) is 0.769. The Balaban J connectivity index is 1.89. The minimum absolute atomic E-state index is 0.0372. The average molecular weight is 332 g/mol. The Hall–Kier alpha value is -0.700. The molecule has 0 amide bonds. The molecule has 1 N–H and O–H groups in total. The van der Waals surface area contributed by atoms with E-state index in [-0.39, 0.29) is 6.04 Å². The number of nitrogens with one attached hydrogen (secondary N) is 1. The van der Waals surface area contributed by atoms with E-state index in [1.54, 1.807) is 11.3 Å². The molecule has 0 spiro atoms. The minimum Gasteiger partial charge on any atom is -0.349 e. The molecule has 6 nitrogen and oxygen atoms in total. The number of nitrogens with zero attached hydrogens (tertiary/aromatic N) is 3. The maximum atomic E-state index is 11.3. The van der Waals surface area contributed by atoms with Crippen LogP contribution in [0.4, 0.5) is 5.13 Å². The fourth-order valence-corrected chi connectivity index (χ4v) is 4.48. The van der Waals surface area contributed by atoms with E-state index in [1.807, 2.05) is 6.20 Å². The van der Waals surface area contributed by atoms with Crippen LogP contribution in [0.2, 0.25) is 0 Å². The Kier molecular flexibility index (Phi) is 5.59. The average Bonchev–Trinajstić information content (AvgIpc) is 3.00. The van der Waals surface area contributed by atoms with Gasteiger partial charge in [0, 0.05) is 49.8 Å². The molecule has 120 valence electrons. The molecule has 0 aliphatic carbocycles. The number of anilines is 1. The van der Waals surface area contributed by atoms with Gasteiger partial charge in [0.2, 0.25) is 10.0 Å². The Morgan fingerprint density at radius 2 is 2.19 bits per heavy atom. The number of rotatable bonds is 7. The van der Waals surface area contributed by atoms with Gasteiger partial charge in [-0.15, -0.1) is 11.3 Å². The van der Waals surface area contributed by atoms with Crippen LogP contribution in [0, 0.1) is 0 Å². The van der Waals surface area contributed by atoms with Crippen molar-refractivity contribution in [2.75, 3.05) is 37.3 Å². The molecule has 0 aromatic carbocycles. The van der Waals surface area contributed by atoms with Crippen molar-refractivity contribution in [3.8, 4) is 0 Å². The van der Waals surface area contributed by atoms with Gasteiger partial charge in [0.05, 0.1) is 6.26 Å². The smallest absolute Gasteiger partial charge is 0.208 e. The van der Waals surface area contributed by atoms with Crippen LogP contribution < -0.4 is 9.62 Å². The Labute approximate surface area is 131 Å². The van der Waals surface area contributed by atoms with Crippen LogP contribution in [0.1, 0.15) is 25.1 Å². The third-order valence-electron chi connectivity index (χ3n) is 3.61. The van der Waals surface area contributed by atoms with Crippen molar-refractivity contribution >= 4 is 26.5 Å². The van der Waals surface area contributed by atoms with Crippen LogP contribution in [0.25, 0.3) is 0 Å². The molecule has 1 unspecified atom stereocenters. The standard InChI is InChI=1S/C13H24N4O2S2/c1-4-17(5-2)13-14-8-12(20-13)10-16-7-6-11(9-16)15-21(3,18)19/h8,11,15H,4-7,9-10H2,1-3H3. The van der Waals surface area contributed by atoms with E-state index >= 15 is 0 Å². The van der Waals surface area contributed by atoms with Crippen molar-refractivity contribution in [1.82, 2.24) is 14.6 Å². The van der Waals surface area contributed by atoms with Crippen LogP contribution in [-0.4, -0.2) is 56.8 Å². The second kappa shape index (κ2) is 7.04. The van der Waals surface area contributed by atoms with Crippen molar-refractivity contribution in [2.45, 2.75) is 32.9 Å². The zero-order chi connectivity index (χ0) is 15.5. The Bertz CT molecular complexity index is 554. The van der Waals surface area contributed by atoms with Crippen molar-refractivity contribution in [1.29, 1.82) is 0 Å². The lowest BCUT2D eigenvalue weighted by Gasteiger charge is -2.17. The lowest BCUT2D eigenvalue weighted by Crippen LogP contribution is -2.36. The molecule has 0 radical (unpaired) electrons. The van der Waals surface area contributed by atoms with E-state index in [0.29, 0.717) is 0 Å². The summed E-state index contributed by atoms with van der Waals surface area (Å²) < 4.78 is 25.2. The zero-order valence-electron chi connectivity index (χ0n) is 12.9. The topological polar surface area (TPSA) is 65.5 Å². The highest BCUT2D eigenvalue weighted by molar-refractivity contribution is 7.88. The van der Waals surface area contributed by atoms with Gasteiger partial charge in [0.15, 0.2) is 5.13 Å². The van der Waals surface area contributed by atoms with Crippen LogP contribution in [-0.2, 0) is 16.6 Å². The van der Waals surface area contributed by atoms with Gasteiger partial charge in [0.25, 0.3) is 0 Å². The second-order valence-corrected chi connectivity index (χ2v) is 8.27. The predicted molar refractivity (Wildman–Crippen MR) is 87.3 cm³/mol. The zero-order valence-corrected chi connectivity index (χ0v) is 14.5. The lowest BCUT2D eigenvalue weighted by atomic mass is 10.3. The number of thiazole rings is 1. The second-order valence-electron chi connectivity index (χ2n) is 5.39. The summed E-state index contributed by atoms with van der Waals surface area (Å²) in [6.07, 6.45) is 4.03. The maximum Gasteiger partial charge on any atom is 0.208 e. The number of hydrogen-bond acceptors (Lipinski definition) is 6. The summed E-state index contributed by atoms with van der Waals surface area (Å²) in [6, 6.07) is 0.0372. The normalized spacial score (nSPS) is 20.0. The summed E-state index contributed by atoms with van der Waals surface area (Å²) in [5, 5.41) is 1.07. The van der Waals surface area contributed by atoms with Crippen molar-refractivity contribution < 1.29 is 8.42 Å². The first-order chi connectivity index (χ1) is 9.91. The van der Waals surface area contributed by atoms with E-state index in [4.69, 9.17) is 0 Å². The summed E-state index contributed by atoms with van der Waals surface area (Å²) in [5.41, 5.74) is 0. The number of likely N-dealkylation sites (tertiary alicyclic amines) is 1. The molecular formula is C13H24N4O2S2. The van der Waals surface area contributed by atoms with Crippen molar-refractivity contribution in [3.05, 3.63) is 11.1 Å². The van der Waals surface area contributed by atoms with Gasteiger partial charge in [-0.25, -0.2) is 18.1 Å². The van der Waals surface area contributed by atoms with E-state index in [2.05, 4.69) is 33.4 Å². The van der Waals surface area contributed by atoms with Crippen molar-refractivity contribution in [3.63, 3.8) is 0 Å². The number of hydrogen-bond donors (Lipinski definition) is 1. The Morgan fingerprint density at radius 3 is 2.81 bits per heavy atom. The molecule has 1 aliphatic heterocycles. The molecule has 2 rings (SSSR count). The first-order valence-corrected chi connectivity index (χ1v) is 10.0. The van der Waals surface area contributed by atoms with Gasteiger partial charge in [-0.05, 0) is 20.3 Å². The molecule has 1 aromatic rings. The molecule has 2 heterocycles. The summed E-state index contributed by atoms with van der Waals surface area (Å²) in [7, 11) is -3.11. The monoisotopic (exact) mass is 332 g/mol. The SMILES string of the molecule is CCN(CC)c1ncc(CN2CCC(NS(C)(=O)=O)C2)s1. The highest BCUT2D eigenvalue weighted by atomic mass is 32.2. The Morgan fingerprint density at radius 1 is 1.48 bits per heavy atom. The van der Waals surface area contributed by atoms with Crippen LogP contribution in [0.15, 0.2) is 6.20 Å². The molecule has 1 atom stereocenters. The van der Waals surface area contributed by atoms with E-state index in [0.717, 1.165) is 44.3 Å². The number of aromatic nitrogens is 1. The molecule has 1 saturated heterocycles. The summed E-state index contributed by atoms with van der Waals surface area (Å²) >= 11 is 1.73. The predicted octanol–water partition coefficient (Wildman–Crippen LogP) is 1.11. The van der Waals surface area contributed by atoms with Gasteiger partial charge in [0.1, 0.15) is 0 Å². The lowest BCUT2D eigenvalue weighted by molar-refractivity contribution is 0.327. The van der Waals surface area contributed by atoms with E-state index in [9.17, 15) is 8.42 Å². The van der Waals surface area contributed by atoms with E-state index < -0.39 is 10.0 Å². The quantitative estimate of drug-likeness (QED) is 0.810. The van der Waals surface area contributed by atoms with Gasteiger partial charge in [-0.3, -0.25) is 4.90 Å². The first-order valence-electron chi connectivity index (χ1n) is 7.30. The molecule has 1 aromatic heterocycles.